The first-order valence-electron chi connectivity index (χ1n) is 7.87. The van der Waals surface area contributed by atoms with Crippen LogP contribution in [0.3, 0.4) is 0 Å². The first kappa shape index (κ1) is 15.1. The van der Waals surface area contributed by atoms with Crippen molar-refractivity contribution < 1.29 is 12.8 Å². The molecule has 2 aliphatic carbocycles. The maximum Gasteiger partial charge on any atom is 0.276 e. The van der Waals surface area contributed by atoms with Crippen LogP contribution in [0.25, 0.3) is 0 Å². The molecule has 0 aromatic carbocycles. The van der Waals surface area contributed by atoms with Gasteiger partial charge in [0.1, 0.15) is 5.76 Å². The van der Waals surface area contributed by atoms with Gasteiger partial charge in [-0.25, -0.2) is 8.42 Å². The van der Waals surface area contributed by atoms with Gasteiger partial charge in [-0.3, -0.25) is 0 Å². The summed E-state index contributed by atoms with van der Waals surface area (Å²) in [4.78, 5) is 0. The minimum absolute atomic E-state index is 0.0724. The Morgan fingerprint density at radius 3 is 2.57 bits per heavy atom. The Labute approximate surface area is 126 Å². The third-order valence-electron chi connectivity index (χ3n) is 4.50. The third kappa shape index (κ3) is 3.49. The van der Waals surface area contributed by atoms with E-state index in [1.807, 2.05) is 0 Å². The van der Waals surface area contributed by atoms with Gasteiger partial charge >= 0.3 is 0 Å². The molecule has 5 nitrogen and oxygen atoms in total. The Hall–Kier alpha value is -0.850. The molecule has 0 bridgehead atoms. The Morgan fingerprint density at radius 1 is 1.19 bits per heavy atom. The summed E-state index contributed by atoms with van der Waals surface area (Å²) >= 11 is 0. The monoisotopic (exact) mass is 312 g/mol. The smallest absolute Gasteiger partial charge is 0.276 e. The molecular weight excluding hydrogens is 288 g/mol. The predicted octanol–water partition coefficient (Wildman–Crippen LogP) is 2.48. The van der Waals surface area contributed by atoms with Crippen LogP contribution < -0.4 is 5.32 Å². The Balaban J connectivity index is 1.67. The number of hydrogen-bond donors (Lipinski definition) is 1. The largest absolute Gasteiger partial charge is 0.447 e. The van der Waals surface area contributed by atoms with Crippen LogP contribution in [-0.4, -0.2) is 31.9 Å². The molecular formula is C15H24N2O3S. The van der Waals surface area contributed by atoms with Crippen LogP contribution >= 0.6 is 0 Å². The summed E-state index contributed by atoms with van der Waals surface area (Å²) < 4.78 is 32.3. The van der Waals surface area contributed by atoms with E-state index >= 15 is 0 Å². The lowest BCUT2D eigenvalue weighted by Gasteiger charge is -2.29. The topological polar surface area (TPSA) is 62.6 Å². The predicted molar refractivity (Wildman–Crippen MR) is 80.4 cm³/mol. The molecule has 0 atom stereocenters. The molecule has 118 valence electrons. The van der Waals surface area contributed by atoms with Crippen LogP contribution in [0.2, 0.25) is 0 Å². The first-order chi connectivity index (χ1) is 10.1. The van der Waals surface area contributed by atoms with E-state index in [0.29, 0.717) is 18.3 Å². The molecule has 1 N–H and O–H groups in total. The quantitative estimate of drug-likeness (QED) is 0.876. The zero-order valence-corrected chi connectivity index (χ0v) is 13.4. The summed E-state index contributed by atoms with van der Waals surface area (Å²) in [7, 11) is -1.83. The number of sulfonamides is 1. The van der Waals surface area contributed by atoms with E-state index in [1.165, 1.54) is 23.6 Å². The molecule has 0 aliphatic heterocycles. The Bertz CT molecular complexity index is 571. The van der Waals surface area contributed by atoms with Gasteiger partial charge in [0, 0.05) is 19.1 Å². The summed E-state index contributed by atoms with van der Waals surface area (Å²) in [5, 5.41) is 3.40. The molecule has 0 radical (unpaired) electrons. The van der Waals surface area contributed by atoms with E-state index in [9.17, 15) is 8.42 Å². The van der Waals surface area contributed by atoms with Crippen LogP contribution in [0.15, 0.2) is 21.6 Å². The fourth-order valence-electron chi connectivity index (χ4n) is 2.91. The molecule has 2 saturated carbocycles. The number of rotatable bonds is 6. The zero-order chi connectivity index (χ0) is 14.9. The fourth-order valence-corrected chi connectivity index (χ4v) is 4.25. The van der Waals surface area contributed by atoms with Crippen LogP contribution in [0.4, 0.5) is 0 Å². The maximum atomic E-state index is 12.6. The molecule has 6 heteroatoms. The van der Waals surface area contributed by atoms with Crippen molar-refractivity contribution in [2.75, 3.05) is 7.05 Å². The summed E-state index contributed by atoms with van der Waals surface area (Å²) in [6, 6.07) is 4.04. The van der Waals surface area contributed by atoms with Gasteiger partial charge in [-0.05, 0) is 37.8 Å². The fraction of sp³-hybridized carbons (Fsp3) is 0.733. The van der Waals surface area contributed by atoms with E-state index in [0.717, 1.165) is 25.7 Å². The maximum absolute atomic E-state index is 12.6. The molecule has 1 aromatic rings. The van der Waals surface area contributed by atoms with E-state index in [-0.39, 0.29) is 11.1 Å². The minimum Gasteiger partial charge on any atom is -0.447 e. The second kappa shape index (κ2) is 6.10. The Morgan fingerprint density at radius 2 is 1.90 bits per heavy atom. The van der Waals surface area contributed by atoms with Crippen molar-refractivity contribution in [1.82, 2.24) is 9.62 Å². The van der Waals surface area contributed by atoms with Crippen LogP contribution in [0.5, 0.6) is 0 Å². The molecule has 0 spiro atoms. The van der Waals surface area contributed by atoms with Crippen molar-refractivity contribution in [3.05, 3.63) is 17.9 Å². The average Bonchev–Trinajstić information content (AvgIpc) is 3.21. The number of furan rings is 1. The van der Waals surface area contributed by atoms with Crippen LogP contribution in [0, 0.1) is 0 Å². The summed E-state index contributed by atoms with van der Waals surface area (Å²) in [6.45, 7) is 0.604. The van der Waals surface area contributed by atoms with Crippen molar-refractivity contribution in [3.63, 3.8) is 0 Å². The molecule has 0 saturated heterocycles. The van der Waals surface area contributed by atoms with Gasteiger partial charge in [-0.1, -0.05) is 19.3 Å². The van der Waals surface area contributed by atoms with Crippen LogP contribution in [0.1, 0.15) is 50.7 Å². The highest BCUT2D eigenvalue weighted by Crippen LogP contribution is 2.27. The molecule has 2 aliphatic rings. The van der Waals surface area contributed by atoms with Gasteiger partial charge in [0.2, 0.25) is 5.09 Å². The van der Waals surface area contributed by atoms with Gasteiger partial charge in [-0.2, -0.15) is 4.31 Å². The first-order valence-corrected chi connectivity index (χ1v) is 9.31. The van der Waals surface area contributed by atoms with E-state index < -0.39 is 10.0 Å². The van der Waals surface area contributed by atoms with Gasteiger partial charge in [0.15, 0.2) is 0 Å². The van der Waals surface area contributed by atoms with Crippen molar-refractivity contribution in [3.8, 4) is 0 Å². The number of hydrogen-bond acceptors (Lipinski definition) is 4. The average molecular weight is 312 g/mol. The van der Waals surface area contributed by atoms with E-state index in [2.05, 4.69) is 5.32 Å². The summed E-state index contributed by atoms with van der Waals surface area (Å²) in [5.74, 6) is 0.692. The zero-order valence-electron chi connectivity index (χ0n) is 12.5. The third-order valence-corrected chi connectivity index (χ3v) is 6.29. The lowest BCUT2D eigenvalue weighted by molar-refractivity contribution is 0.277. The van der Waals surface area contributed by atoms with E-state index in [1.54, 1.807) is 19.2 Å². The molecule has 21 heavy (non-hydrogen) atoms. The van der Waals surface area contributed by atoms with Gasteiger partial charge in [-0.15, -0.1) is 0 Å². The van der Waals surface area contributed by atoms with Crippen LogP contribution in [-0.2, 0) is 16.6 Å². The van der Waals surface area contributed by atoms with Crippen molar-refractivity contribution >= 4 is 10.0 Å². The number of nitrogens with zero attached hydrogens (tertiary/aromatic N) is 1. The van der Waals surface area contributed by atoms with Gasteiger partial charge < -0.3 is 9.73 Å². The summed E-state index contributed by atoms with van der Waals surface area (Å²) in [6.07, 6.45) is 7.74. The Kier molecular flexibility index (Phi) is 4.38. The highest BCUT2D eigenvalue weighted by molar-refractivity contribution is 7.89. The van der Waals surface area contributed by atoms with Gasteiger partial charge in [0.25, 0.3) is 10.0 Å². The van der Waals surface area contributed by atoms with Crippen molar-refractivity contribution in [2.24, 2.45) is 0 Å². The lowest BCUT2D eigenvalue weighted by Crippen LogP contribution is -2.38. The molecule has 2 fully saturated rings. The highest BCUT2D eigenvalue weighted by atomic mass is 32.2. The SMILES string of the molecule is CN(C1CCCCC1)S(=O)(=O)c1ccc(CNC2CC2)o1. The van der Waals surface area contributed by atoms with Crippen molar-refractivity contribution in [1.29, 1.82) is 0 Å². The second-order valence-corrected chi connectivity index (χ2v) is 8.12. The molecule has 1 aromatic heterocycles. The minimum atomic E-state index is -3.50. The van der Waals surface area contributed by atoms with E-state index in [4.69, 9.17) is 4.42 Å². The normalized spacial score (nSPS) is 21.0. The van der Waals surface area contributed by atoms with Gasteiger partial charge in [0.05, 0.1) is 6.54 Å². The molecule has 0 unspecified atom stereocenters. The summed E-state index contributed by atoms with van der Waals surface area (Å²) in [5.41, 5.74) is 0. The highest BCUT2D eigenvalue weighted by Gasteiger charge is 2.31. The standard InChI is InChI=1S/C15H24N2O3S/c1-17(13-5-3-2-4-6-13)21(18,19)15-10-9-14(20-15)11-16-12-7-8-12/h9-10,12-13,16H,2-8,11H2,1H3. The lowest BCUT2D eigenvalue weighted by atomic mass is 9.96. The second-order valence-electron chi connectivity index (χ2n) is 6.19. The molecule has 1 heterocycles. The number of nitrogens with one attached hydrogen (secondary N) is 1. The molecule has 0 amide bonds. The van der Waals surface area contributed by atoms with Crippen molar-refractivity contribution in [2.45, 2.75) is 68.7 Å². The molecule has 3 rings (SSSR count).